The molecule has 0 aromatic carbocycles. The van der Waals surface area contributed by atoms with Crippen molar-refractivity contribution in [3.63, 3.8) is 0 Å². The van der Waals surface area contributed by atoms with E-state index in [1.54, 1.807) is 0 Å². The van der Waals surface area contributed by atoms with Crippen LogP contribution in [0.25, 0.3) is 0 Å². The minimum Gasteiger partial charge on any atom is -0.370 e. The lowest BCUT2D eigenvalue weighted by Gasteiger charge is -2.32. The van der Waals surface area contributed by atoms with Crippen LogP contribution in [0.1, 0.15) is 6.42 Å². The number of anilines is 2. The van der Waals surface area contributed by atoms with Gasteiger partial charge < -0.3 is 20.0 Å². The smallest absolute Gasteiger partial charge is 0.227 e. The molecule has 0 atom stereocenters. The first-order valence-corrected chi connectivity index (χ1v) is 7.30. The average Bonchev–Trinajstić information content (AvgIpc) is 2.44. The third-order valence-corrected chi connectivity index (χ3v) is 3.52. The zero-order valence-electron chi connectivity index (χ0n) is 12.8. The van der Waals surface area contributed by atoms with Gasteiger partial charge in [-0.05, 0) is 40.2 Å². The Morgan fingerprint density at radius 2 is 2.00 bits per heavy atom. The molecule has 20 heavy (non-hydrogen) atoms. The Bertz CT molecular complexity index is 400. The number of rotatable bonds is 6. The summed E-state index contributed by atoms with van der Waals surface area (Å²) in [5.41, 5.74) is 0. The number of hydrogen-bond donors (Lipinski definition) is 1. The van der Waals surface area contributed by atoms with Gasteiger partial charge in [0.1, 0.15) is 5.82 Å². The normalized spacial score (nSPS) is 16.7. The van der Waals surface area contributed by atoms with Gasteiger partial charge in [0.2, 0.25) is 5.95 Å². The van der Waals surface area contributed by atoms with Crippen molar-refractivity contribution in [1.82, 2.24) is 19.8 Å². The lowest BCUT2D eigenvalue weighted by molar-refractivity contribution is 0.311. The minimum absolute atomic E-state index is 0.843. The molecule has 1 saturated heterocycles. The van der Waals surface area contributed by atoms with Crippen molar-refractivity contribution in [2.24, 2.45) is 0 Å². The van der Waals surface area contributed by atoms with Gasteiger partial charge in [0.15, 0.2) is 0 Å². The van der Waals surface area contributed by atoms with Crippen molar-refractivity contribution in [3.8, 4) is 0 Å². The van der Waals surface area contributed by atoms with E-state index < -0.39 is 0 Å². The van der Waals surface area contributed by atoms with Crippen molar-refractivity contribution >= 4 is 11.8 Å². The molecule has 1 aromatic rings. The number of piperazine rings is 1. The molecule has 2 rings (SSSR count). The van der Waals surface area contributed by atoms with E-state index in [0.29, 0.717) is 0 Å². The van der Waals surface area contributed by atoms with E-state index in [9.17, 15) is 0 Å². The fourth-order valence-electron chi connectivity index (χ4n) is 2.22. The summed E-state index contributed by atoms with van der Waals surface area (Å²) in [5.74, 6) is 1.77. The first-order valence-electron chi connectivity index (χ1n) is 7.30. The number of nitrogens with one attached hydrogen (secondary N) is 1. The topological polar surface area (TPSA) is 47.5 Å². The Hall–Kier alpha value is -1.40. The lowest BCUT2D eigenvalue weighted by Crippen LogP contribution is -2.45. The van der Waals surface area contributed by atoms with Crippen LogP contribution in [0.4, 0.5) is 11.8 Å². The van der Waals surface area contributed by atoms with Gasteiger partial charge in [-0.2, -0.15) is 4.98 Å². The van der Waals surface area contributed by atoms with Gasteiger partial charge in [-0.25, -0.2) is 4.98 Å². The summed E-state index contributed by atoms with van der Waals surface area (Å²) in [6, 6.07) is 1.94. The maximum Gasteiger partial charge on any atom is 0.227 e. The molecule has 0 aliphatic carbocycles. The maximum absolute atomic E-state index is 4.61. The van der Waals surface area contributed by atoms with E-state index in [1.165, 1.54) is 0 Å². The zero-order valence-corrected chi connectivity index (χ0v) is 12.8. The van der Waals surface area contributed by atoms with Crippen LogP contribution in [0.3, 0.4) is 0 Å². The fourth-order valence-corrected chi connectivity index (χ4v) is 2.22. The summed E-state index contributed by atoms with van der Waals surface area (Å²) in [4.78, 5) is 15.8. The van der Waals surface area contributed by atoms with Crippen LogP contribution < -0.4 is 10.2 Å². The van der Waals surface area contributed by atoms with Crippen LogP contribution in [0.5, 0.6) is 0 Å². The quantitative estimate of drug-likeness (QED) is 0.769. The average molecular weight is 278 g/mol. The molecule has 0 radical (unpaired) electrons. The van der Waals surface area contributed by atoms with Gasteiger partial charge in [0, 0.05) is 38.9 Å². The molecule has 1 N–H and O–H groups in total. The van der Waals surface area contributed by atoms with Gasteiger partial charge in [-0.1, -0.05) is 0 Å². The third-order valence-electron chi connectivity index (χ3n) is 3.52. The lowest BCUT2D eigenvalue weighted by atomic mass is 10.3. The molecule has 0 saturated carbocycles. The van der Waals surface area contributed by atoms with Gasteiger partial charge in [0.05, 0.1) is 0 Å². The fraction of sp³-hybridized carbons (Fsp3) is 0.714. The summed E-state index contributed by atoms with van der Waals surface area (Å²) in [5, 5.41) is 3.37. The summed E-state index contributed by atoms with van der Waals surface area (Å²) >= 11 is 0. The molecule has 0 bridgehead atoms. The largest absolute Gasteiger partial charge is 0.370 e. The molecule has 1 aliphatic heterocycles. The second kappa shape index (κ2) is 7.40. The highest BCUT2D eigenvalue weighted by Gasteiger charge is 2.16. The minimum atomic E-state index is 0.843. The van der Waals surface area contributed by atoms with E-state index in [4.69, 9.17) is 0 Å². The molecule has 1 fully saturated rings. The maximum atomic E-state index is 4.61. The SMILES string of the molecule is CN(C)CCCNc1ccnc(N2CCN(C)CC2)n1. The highest BCUT2D eigenvalue weighted by Crippen LogP contribution is 2.12. The molecule has 0 spiro atoms. The van der Waals surface area contributed by atoms with Crippen molar-refractivity contribution in [2.45, 2.75) is 6.42 Å². The number of nitrogens with zero attached hydrogens (tertiary/aromatic N) is 5. The highest BCUT2D eigenvalue weighted by atomic mass is 15.3. The standard InChI is InChI=1S/C14H26N6/c1-18(2)8-4-6-15-13-5-7-16-14(17-13)20-11-9-19(3)10-12-20/h5,7H,4,6,8-12H2,1-3H3,(H,15,16,17). The van der Waals surface area contributed by atoms with Crippen molar-refractivity contribution in [1.29, 1.82) is 0 Å². The molecule has 6 nitrogen and oxygen atoms in total. The Balaban J connectivity index is 1.84. The van der Waals surface area contributed by atoms with Crippen LogP contribution in [0.15, 0.2) is 12.3 Å². The van der Waals surface area contributed by atoms with Crippen LogP contribution in [0.2, 0.25) is 0 Å². The van der Waals surface area contributed by atoms with Gasteiger partial charge in [-0.15, -0.1) is 0 Å². The molecule has 1 aromatic heterocycles. The zero-order chi connectivity index (χ0) is 14.4. The van der Waals surface area contributed by atoms with E-state index >= 15 is 0 Å². The van der Waals surface area contributed by atoms with E-state index in [2.05, 4.69) is 51.1 Å². The summed E-state index contributed by atoms with van der Waals surface area (Å²) in [7, 11) is 6.34. The summed E-state index contributed by atoms with van der Waals surface area (Å²) in [6.45, 7) is 6.18. The number of hydrogen-bond acceptors (Lipinski definition) is 6. The van der Waals surface area contributed by atoms with Gasteiger partial charge in [-0.3, -0.25) is 0 Å². The predicted octanol–water partition coefficient (Wildman–Crippen LogP) is 0.592. The summed E-state index contributed by atoms with van der Waals surface area (Å²) < 4.78 is 0. The van der Waals surface area contributed by atoms with Crippen molar-refractivity contribution in [3.05, 3.63) is 12.3 Å². The van der Waals surface area contributed by atoms with Crippen LogP contribution in [0, 0.1) is 0 Å². The molecule has 112 valence electrons. The molecule has 0 amide bonds. The second-order valence-corrected chi connectivity index (χ2v) is 5.62. The number of likely N-dealkylation sites (N-methyl/N-ethyl adjacent to an activating group) is 1. The van der Waals surface area contributed by atoms with E-state index in [-0.39, 0.29) is 0 Å². The van der Waals surface area contributed by atoms with E-state index in [0.717, 1.165) is 57.5 Å². The molecule has 2 heterocycles. The molecular weight excluding hydrogens is 252 g/mol. The number of aromatic nitrogens is 2. The Morgan fingerprint density at radius 1 is 1.25 bits per heavy atom. The monoisotopic (exact) mass is 278 g/mol. The van der Waals surface area contributed by atoms with Crippen LogP contribution in [-0.2, 0) is 0 Å². The predicted molar refractivity (Wildman–Crippen MR) is 83.4 cm³/mol. The first kappa shape index (κ1) is 15.0. The van der Waals surface area contributed by atoms with Gasteiger partial charge >= 0.3 is 0 Å². The Labute approximate surface area is 121 Å². The molecular formula is C14H26N6. The molecule has 1 aliphatic rings. The van der Waals surface area contributed by atoms with Crippen LogP contribution in [-0.4, -0.2) is 80.2 Å². The third kappa shape index (κ3) is 4.61. The van der Waals surface area contributed by atoms with E-state index in [1.807, 2.05) is 12.3 Å². The van der Waals surface area contributed by atoms with Gasteiger partial charge in [0.25, 0.3) is 0 Å². The molecule has 6 heteroatoms. The Morgan fingerprint density at radius 3 is 2.70 bits per heavy atom. The van der Waals surface area contributed by atoms with Crippen molar-refractivity contribution < 1.29 is 0 Å². The summed E-state index contributed by atoms with van der Waals surface area (Å²) in [6.07, 6.45) is 2.95. The second-order valence-electron chi connectivity index (χ2n) is 5.62. The Kier molecular flexibility index (Phi) is 5.55. The van der Waals surface area contributed by atoms with Crippen molar-refractivity contribution in [2.75, 3.05) is 70.6 Å². The first-order chi connectivity index (χ1) is 9.65. The molecule has 0 unspecified atom stereocenters. The highest BCUT2D eigenvalue weighted by molar-refractivity contribution is 5.41. The van der Waals surface area contributed by atoms with Crippen LogP contribution >= 0.6 is 0 Å².